The van der Waals surface area contributed by atoms with Gasteiger partial charge in [-0.1, -0.05) is 157 Å². The van der Waals surface area contributed by atoms with E-state index < -0.39 is 52.0 Å². The molecule has 0 spiro atoms. The van der Waals surface area contributed by atoms with Gasteiger partial charge in [0.05, 0.1) is 5.88 Å². The molecule has 11 nitrogen and oxygen atoms in total. The molecule has 302 valence electrons. The lowest BCUT2D eigenvalue weighted by Crippen LogP contribution is -2.75. The highest BCUT2D eigenvalue weighted by atomic mass is 35.5. The van der Waals surface area contributed by atoms with Crippen LogP contribution in [0.25, 0.3) is 0 Å². The summed E-state index contributed by atoms with van der Waals surface area (Å²) < 4.78 is 19.8. The summed E-state index contributed by atoms with van der Waals surface area (Å²) in [4.78, 5) is 53.1. The van der Waals surface area contributed by atoms with Crippen molar-refractivity contribution in [3.05, 3.63) is 202 Å². The first-order valence-corrected chi connectivity index (χ1v) is 21.8. The van der Waals surface area contributed by atoms with Crippen molar-refractivity contribution in [1.29, 1.82) is 0 Å². The maximum Gasteiger partial charge on any atom is 0.356 e. The first kappa shape index (κ1) is 40.5. The number of nitrogens with one attached hydrogen (secondary N) is 2. The molecule has 3 heterocycles. The average molecular weight is 856 g/mol. The van der Waals surface area contributed by atoms with E-state index in [0.29, 0.717) is 10.7 Å². The number of hydrogen-bond donors (Lipinski definition) is 2. The number of hydrogen-bond acceptors (Lipinski definition) is 10. The second-order valence-corrected chi connectivity index (χ2v) is 16.6. The number of carbonyl (C=O) groups is 3. The van der Waals surface area contributed by atoms with Crippen LogP contribution in [-0.4, -0.2) is 68.1 Å². The number of carbonyl (C=O) groups excluding carboxylic acids is 3. The van der Waals surface area contributed by atoms with Gasteiger partial charge in [-0.15, -0.1) is 22.9 Å². The van der Waals surface area contributed by atoms with Gasteiger partial charge < -0.3 is 24.8 Å². The third-order valence-corrected chi connectivity index (χ3v) is 13.1. The highest BCUT2D eigenvalue weighted by Gasteiger charge is 2.61. The first-order chi connectivity index (χ1) is 29.3. The van der Waals surface area contributed by atoms with E-state index in [1.54, 1.807) is 5.38 Å². The van der Waals surface area contributed by atoms with Gasteiger partial charge in [-0.25, -0.2) is 9.78 Å². The van der Waals surface area contributed by atoms with Gasteiger partial charge in [0, 0.05) is 11.0 Å². The monoisotopic (exact) mass is 855 g/mol. The maximum atomic E-state index is 14.1. The number of alkyl halides is 1. The Hall–Kier alpha value is -6.25. The number of oxime groups is 1. The predicted molar refractivity (Wildman–Crippen MR) is 233 cm³/mol. The molecule has 1 aromatic heterocycles. The Labute approximate surface area is 358 Å². The Kier molecular flexibility index (Phi) is 12.1. The minimum absolute atomic E-state index is 0.0818. The quantitative estimate of drug-likeness (QED) is 0.0224. The van der Waals surface area contributed by atoms with Gasteiger partial charge in [0.2, 0.25) is 5.37 Å². The number of fused-ring (bicyclic) bond motifs is 1. The molecule has 0 radical (unpaired) electrons. The van der Waals surface area contributed by atoms with Gasteiger partial charge in [-0.2, -0.15) is 0 Å². The van der Waals surface area contributed by atoms with Crippen LogP contribution in [0.2, 0.25) is 0 Å². The zero-order valence-electron chi connectivity index (χ0n) is 32.1. The molecule has 5 aromatic carbocycles. The second kappa shape index (κ2) is 17.9. The van der Waals surface area contributed by atoms with E-state index in [1.165, 1.54) is 18.4 Å². The molecule has 0 saturated carbocycles. The fourth-order valence-corrected chi connectivity index (χ4v) is 10.3. The molecule has 6 aromatic rings. The van der Waals surface area contributed by atoms with Crippen LogP contribution >= 0.6 is 22.9 Å². The second-order valence-electron chi connectivity index (χ2n) is 13.9. The van der Waals surface area contributed by atoms with Crippen LogP contribution in [0.1, 0.15) is 39.6 Å². The molecular formula is C46H38ClN5O6S2. The van der Waals surface area contributed by atoms with E-state index in [2.05, 4.69) is 15.8 Å². The summed E-state index contributed by atoms with van der Waals surface area (Å²) in [7, 11) is 1.30. The highest BCUT2D eigenvalue weighted by molar-refractivity contribution is 7.92. The largest absolute Gasteiger partial charge is 0.614 e. The molecule has 3 atom stereocenters. The number of thiazole rings is 1. The van der Waals surface area contributed by atoms with Gasteiger partial charge >= 0.3 is 5.97 Å². The summed E-state index contributed by atoms with van der Waals surface area (Å²) in [6.07, 6.45) is -0.801. The minimum Gasteiger partial charge on any atom is -0.614 e. The Morgan fingerprint density at radius 2 is 1.37 bits per heavy atom. The molecule has 2 unspecified atom stereocenters. The van der Waals surface area contributed by atoms with Gasteiger partial charge in [0.15, 0.2) is 23.0 Å². The normalized spacial score (nSPS) is 17.7. The fourth-order valence-electron chi connectivity index (χ4n) is 7.58. The van der Waals surface area contributed by atoms with E-state index in [-0.39, 0.29) is 28.7 Å². The Bertz CT molecular complexity index is 2390. The van der Waals surface area contributed by atoms with Crippen molar-refractivity contribution in [2.45, 2.75) is 23.1 Å². The number of benzene rings is 5. The number of amides is 2. The van der Waals surface area contributed by atoms with Crippen LogP contribution in [0.3, 0.4) is 0 Å². The number of esters is 1. The lowest BCUT2D eigenvalue weighted by molar-refractivity contribution is -0.154. The van der Waals surface area contributed by atoms with Crippen LogP contribution in [0.5, 0.6) is 0 Å². The molecule has 14 heteroatoms. The number of nitrogens with zero attached hydrogens (tertiary/aromatic N) is 3. The lowest BCUT2D eigenvalue weighted by Gasteiger charge is -2.49. The molecule has 2 amide bonds. The molecule has 2 N–H and O–H groups in total. The van der Waals surface area contributed by atoms with Crippen molar-refractivity contribution in [2.24, 2.45) is 5.16 Å². The number of anilines is 1. The van der Waals surface area contributed by atoms with Crippen LogP contribution in [0, 0.1) is 0 Å². The van der Waals surface area contributed by atoms with E-state index >= 15 is 0 Å². The summed E-state index contributed by atoms with van der Waals surface area (Å²) >= 11 is 5.84. The smallest absolute Gasteiger partial charge is 0.356 e. The van der Waals surface area contributed by atoms with Gasteiger partial charge in [0.25, 0.3) is 11.8 Å². The standard InChI is InChI=1S/C46H38ClN5O6S2/c1-57-51-37(36-28-59-45(48-36)50-46(33-21-11-4-12-22-33,34-23-13-5-14-24-34)35-25-15-6-16-26-35)41(53)49-38-42(54)52-39(32(27-47)29-60(56)43(38)52)44(55)58-40(30-17-7-2-8-18-30)31-19-9-3-10-20-31/h2-26,28,38,40,43H,27,29H2,1H3,(H,48,50)(H,49,53)/b51-37-/t38?,43-,60?/m1/s1. The maximum absolute atomic E-state index is 14.1. The van der Waals surface area contributed by atoms with E-state index in [4.69, 9.17) is 26.2 Å². The third-order valence-electron chi connectivity index (χ3n) is 10.3. The highest BCUT2D eigenvalue weighted by Crippen LogP contribution is 2.42. The van der Waals surface area contributed by atoms with Crippen molar-refractivity contribution in [3.63, 3.8) is 0 Å². The molecule has 8 rings (SSSR count). The molecule has 2 aliphatic rings. The third kappa shape index (κ3) is 7.80. The Morgan fingerprint density at radius 3 is 1.85 bits per heavy atom. The van der Waals surface area contributed by atoms with Gasteiger partial charge in [-0.3, -0.25) is 14.5 Å². The van der Waals surface area contributed by atoms with Crippen molar-refractivity contribution in [2.75, 3.05) is 24.1 Å². The molecule has 2 aliphatic heterocycles. The van der Waals surface area contributed by atoms with E-state index in [0.717, 1.165) is 32.7 Å². The van der Waals surface area contributed by atoms with Crippen molar-refractivity contribution < 1.29 is 28.5 Å². The minimum atomic E-state index is -1.73. The number of ether oxygens (including phenoxy) is 1. The number of β-lactam (4-membered cyclic amide) rings is 1. The van der Waals surface area contributed by atoms with E-state index in [9.17, 15) is 18.9 Å². The first-order valence-electron chi connectivity index (χ1n) is 19.0. The zero-order valence-corrected chi connectivity index (χ0v) is 34.5. The number of rotatable bonds is 14. The van der Waals surface area contributed by atoms with Gasteiger partial charge in [-0.05, 0) is 39.0 Å². The van der Waals surface area contributed by atoms with Crippen molar-refractivity contribution >= 4 is 62.7 Å². The summed E-state index contributed by atoms with van der Waals surface area (Å²) in [6, 6.07) is 47.2. The van der Waals surface area contributed by atoms with Crippen molar-refractivity contribution in [1.82, 2.24) is 15.2 Å². The molecule has 1 fully saturated rings. The predicted octanol–water partition coefficient (Wildman–Crippen LogP) is 7.14. The summed E-state index contributed by atoms with van der Waals surface area (Å²) in [5.41, 5.74) is 3.63. The zero-order chi connectivity index (χ0) is 41.6. The van der Waals surface area contributed by atoms with Crippen molar-refractivity contribution in [3.8, 4) is 0 Å². The molecular weight excluding hydrogens is 818 g/mol. The molecule has 0 aliphatic carbocycles. The molecule has 0 bridgehead atoms. The van der Waals surface area contributed by atoms with Crippen LogP contribution < -0.4 is 10.6 Å². The molecule has 60 heavy (non-hydrogen) atoms. The number of aromatic nitrogens is 1. The average Bonchev–Trinajstić information content (AvgIpc) is 3.77. The SMILES string of the molecule is CO/N=C(\C(=O)NC1C(=O)N2C(C(=O)OC(c3ccccc3)c3ccccc3)=C(CCl)C[S+]([O-])[C@H]12)c1csc(NC(c2ccccc2)(c2ccccc2)c2ccccc2)n1. The summed E-state index contributed by atoms with van der Waals surface area (Å²) in [5.74, 6) is -2.49. The summed E-state index contributed by atoms with van der Waals surface area (Å²) in [6.45, 7) is 0. The Balaban J connectivity index is 1.05. The molecule has 1 saturated heterocycles. The number of halogens is 1. The fraction of sp³-hybridized carbons (Fsp3) is 0.152. The summed E-state index contributed by atoms with van der Waals surface area (Å²) in [5, 5.41) is 11.5. The van der Waals surface area contributed by atoms with Crippen LogP contribution in [-0.2, 0) is 40.7 Å². The lowest BCUT2D eigenvalue weighted by atomic mass is 9.77. The van der Waals surface area contributed by atoms with Gasteiger partial charge in [0.1, 0.15) is 29.8 Å². The Morgan fingerprint density at radius 1 is 0.867 bits per heavy atom. The van der Waals surface area contributed by atoms with Crippen LogP contribution in [0.4, 0.5) is 5.13 Å². The van der Waals surface area contributed by atoms with E-state index in [1.807, 2.05) is 152 Å². The van der Waals surface area contributed by atoms with Crippen LogP contribution in [0.15, 0.2) is 173 Å². The topological polar surface area (TPSA) is 145 Å².